The molecule has 102 valence electrons. The lowest BCUT2D eigenvalue weighted by molar-refractivity contribution is 0.267. The van der Waals surface area contributed by atoms with E-state index in [4.69, 9.17) is 4.74 Å². The average molecular weight is 264 g/mol. The standard InChI is InChI=1S/C19H20O/c1-2-3-5-14-18-19(15-10-6-4-7-11-15)16-12-8-9-13-17(16)20-18/h4-14,18-19H,2-3H2,1H3/b14-5-/t18-,19-/m1/s1. The van der Waals surface area contributed by atoms with Gasteiger partial charge in [0, 0.05) is 5.56 Å². The van der Waals surface area contributed by atoms with Gasteiger partial charge in [-0.3, -0.25) is 0 Å². The summed E-state index contributed by atoms with van der Waals surface area (Å²) in [6, 6.07) is 19.0. The molecule has 0 bridgehead atoms. The Kier molecular flexibility index (Phi) is 3.87. The Morgan fingerprint density at radius 3 is 2.55 bits per heavy atom. The molecule has 1 aliphatic heterocycles. The minimum absolute atomic E-state index is 0.112. The van der Waals surface area contributed by atoms with Gasteiger partial charge in [-0.1, -0.05) is 68.0 Å². The van der Waals surface area contributed by atoms with E-state index in [1.165, 1.54) is 17.5 Å². The van der Waals surface area contributed by atoms with Crippen molar-refractivity contribution >= 4 is 0 Å². The number of rotatable bonds is 4. The second kappa shape index (κ2) is 5.96. The maximum Gasteiger partial charge on any atom is 0.128 e. The van der Waals surface area contributed by atoms with Gasteiger partial charge >= 0.3 is 0 Å². The van der Waals surface area contributed by atoms with Crippen molar-refractivity contribution in [1.29, 1.82) is 0 Å². The van der Waals surface area contributed by atoms with Crippen molar-refractivity contribution in [2.24, 2.45) is 0 Å². The van der Waals surface area contributed by atoms with Crippen LogP contribution >= 0.6 is 0 Å². The van der Waals surface area contributed by atoms with Crippen molar-refractivity contribution in [3.63, 3.8) is 0 Å². The van der Waals surface area contributed by atoms with E-state index in [0.29, 0.717) is 5.92 Å². The Balaban J connectivity index is 1.96. The average Bonchev–Trinajstić information content (AvgIpc) is 2.86. The summed E-state index contributed by atoms with van der Waals surface area (Å²) in [5.74, 6) is 1.33. The predicted molar refractivity (Wildman–Crippen MR) is 83.2 cm³/mol. The molecule has 1 aliphatic rings. The quantitative estimate of drug-likeness (QED) is 0.711. The highest BCUT2D eigenvalue weighted by atomic mass is 16.5. The first-order valence-corrected chi connectivity index (χ1v) is 7.37. The number of ether oxygens (including phenoxy) is 1. The molecule has 0 fully saturated rings. The van der Waals surface area contributed by atoms with E-state index in [2.05, 4.69) is 67.6 Å². The lowest BCUT2D eigenvalue weighted by Crippen LogP contribution is -2.16. The van der Waals surface area contributed by atoms with Crippen LogP contribution in [0.5, 0.6) is 5.75 Å². The maximum atomic E-state index is 6.13. The SMILES string of the molecule is CCC/C=C\[C@H]1Oc2ccccc2[C@H]1c1ccccc1. The highest BCUT2D eigenvalue weighted by molar-refractivity contribution is 5.48. The zero-order valence-corrected chi connectivity index (χ0v) is 11.8. The molecule has 2 aromatic carbocycles. The van der Waals surface area contributed by atoms with E-state index in [1.54, 1.807) is 0 Å². The zero-order valence-electron chi connectivity index (χ0n) is 11.8. The normalized spacial score (nSPS) is 20.9. The third-order valence-electron chi connectivity index (χ3n) is 3.79. The first-order chi connectivity index (χ1) is 9.90. The van der Waals surface area contributed by atoms with Crippen molar-refractivity contribution in [2.45, 2.75) is 31.8 Å². The summed E-state index contributed by atoms with van der Waals surface area (Å²) in [5.41, 5.74) is 2.62. The molecular weight excluding hydrogens is 244 g/mol. The molecule has 2 aromatic rings. The zero-order chi connectivity index (χ0) is 13.8. The summed E-state index contributed by atoms with van der Waals surface area (Å²) in [7, 11) is 0. The van der Waals surface area contributed by atoms with Gasteiger partial charge in [0.25, 0.3) is 0 Å². The van der Waals surface area contributed by atoms with Gasteiger partial charge in [0.2, 0.25) is 0 Å². The number of benzene rings is 2. The molecule has 0 unspecified atom stereocenters. The van der Waals surface area contributed by atoms with Gasteiger partial charge in [0.1, 0.15) is 11.9 Å². The Morgan fingerprint density at radius 1 is 1.00 bits per heavy atom. The van der Waals surface area contributed by atoms with Crippen LogP contribution in [0, 0.1) is 0 Å². The first kappa shape index (κ1) is 13.0. The Morgan fingerprint density at radius 2 is 1.75 bits per heavy atom. The fourth-order valence-corrected chi connectivity index (χ4v) is 2.81. The monoisotopic (exact) mass is 264 g/mol. The summed E-state index contributed by atoms with van der Waals surface area (Å²) in [5, 5.41) is 0. The van der Waals surface area contributed by atoms with Crippen LogP contribution in [0.2, 0.25) is 0 Å². The van der Waals surface area contributed by atoms with Crippen molar-refractivity contribution in [2.75, 3.05) is 0 Å². The molecule has 3 rings (SSSR count). The van der Waals surface area contributed by atoms with Gasteiger partial charge in [-0.2, -0.15) is 0 Å². The number of para-hydroxylation sites is 1. The van der Waals surface area contributed by atoms with Crippen molar-refractivity contribution in [3.8, 4) is 5.75 Å². The second-order valence-electron chi connectivity index (χ2n) is 5.23. The minimum Gasteiger partial charge on any atom is -0.485 e. The van der Waals surface area contributed by atoms with Crippen LogP contribution in [-0.4, -0.2) is 6.10 Å². The summed E-state index contributed by atoms with van der Waals surface area (Å²) in [6.07, 6.45) is 6.86. The molecule has 20 heavy (non-hydrogen) atoms. The summed E-state index contributed by atoms with van der Waals surface area (Å²) < 4.78 is 6.13. The molecule has 1 nitrogen and oxygen atoms in total. The molecule has 0 saturated carbocycles. The van der Waals surface area contributed by atoms with Crippen molar-refractivity contribution in [3.05, 3.63) is 77.9 Å². The molecule has 1 heteroatoms. The lowest BCUT2D eigenvalue weighted by atomic mass is 9.88. The van der Waals surface area contributed by atoms with E-state index < -0.39 is 0 Å². The van der Waals surface area contributed by atoms with E-state index in [-0.39, 0.29) is 6.10 Å². The summed E-state index contributed by atoms with van der Waals surface area (Å²) >= 11 is 0. The smallest absolute Gasteiger partial charge is 0.128 e. The van der Waals surface area contributed by atoms with Crippen molar-refractivity contribution in [1.82, 2.24) is 0 Å². The van der Waals surface area contributed by atoms with Crippen LogP contribution in [0.4, 0.5) is 0 Å². The van der Waals surface area contributed by atoms with Crippen LogP contribution in [0.3, 0.4) is 0 Å². The lowest BCUT2D eigenvalue weighted by Gasteiger charge is -2.16. The molecular formula is C19H20O. The number of unbranched alkanes of at least 4 members (excludes halogenated alkanes) is 1. The topological polar surface area (TPSA) is 9.23 Å². The molecule has 0 saturated heterocycles. The van der Waals surface area contributed by atoms with Crippen LogP contribution < -0.4 is 4.74 Å². The van der Waals surface area contributed by atoms with Gasteiger partial charge in [-0.05, 0) is 24.1 Å². The third kappa shape index (κ3) is 2.49. The van der Waals surface area contributed by atoms with E-state index in [0.717, 1.165) is 12.2 Å². The van der Waals surface area contributed by atoms with Gasteiger partial charge in [0.15, 0.2) is 0 Å². The van der Waals surface area contributed by atoms with E-state index in [9.17, 15) is 0 Å². The molecule has 0 amide bonds. The fraction of sp³-hybridized carbons (Fsp3) is 0.263. The summed E-state index contributed by atoms with van der Waals surface area (Å²) in [4.78, 5) is 0. The largest absolute Gasteiger partial charge is 0.485 e. The maximum absolute atomic E-state index is 6.13. The number of fused-ring (bicyclic) bond motifs is 1. The Bertz CT molecular complexity index is 586. The molecule has 2 atom stereocenters. The highest BCUT2D eigenvalue weighted by Gasteiger charge is 2.33. The Hall–Kier alpha value is -2.02. The number of allylic oxidation sites excluding steroid dienone is 1. The number of hydrogen-bond donors (Lipinski definition) is 0. The number of hydrogen-bond acceptors (Lipinski definition) is 1. The van der Waals surface area contributed by atoms with Crippen LogP contribution in [0.25, 0.3) is 0 Å². The third-order valence-corrected chi connectivity index (χ3v) is 3.79. The molecule has 0 aliphatic carbocycles. The van der Waals surface area contributed by atoms with Gasteiger partial charge < -0.3 is 4.74 Å². The van der Waals surface area contributed by atoms with Crippen LogP contribution in [0.15, 0.2) is 66.7 Å². The predicted octanol–water partition coefficient (Wildman–Crippen LogP) is 4.94. The first-order valence-electron chi connectivity index (χ1n) is 7.37. The second-order valence-corrected chi connectivity index (χ2v) is 5.23. The van der Waals surface area contributed by atoms with Crippen LogP contribution in [-0.2, 0) is 0 Å². The fourth-order valence-electron chi connectivity index (χ4n) is 2.81. The molecule has 1 heterocycles. The van der Waals surface area contributed by atoms with Gasteiger partial charge in [0.05, 0.1) is 5.92 Å². The molecule has 0 aromatic heterocycles. The molecule has 0 N–H and O–H groups in total. The molecule has 0 spiro atoms. The van der Waals surface area contributed by atoms with E-state index >= 15 is 0 Å². The van der Waals surface area contributed by atoms with Gasteiger partial charge in [-0.15, -0.1) is 0 Å². The van der Waals surface area contributed by atoms with Gasteiger partial charge in [-0.25, -0.2) is 0 Å². The van der Waals surface area contributed by atoms with E-state index in [1.807, 2.05) is 6.07 Å². The Labute approximate surface area is 120 Å². The van der Waals surface area contributed by atoms with Crippen molar-refractivity contribution < 1.29 is 4.74 Å². The van der Waals surface area contributed by atoms with Crippen LogP contribution in [0.1, 0.15) is 36.8 Å². The minimum atomic E-state index is 0.112. The molecule has 0 radical (unpaired) electrons. The summed E-state index contributed by atoms with van der Waals surface area (Å²) in [6.45, 7) is 2.20. The highest BCUT2D eigenvalue weighted by Crippen LogP contribution is 2.42.